The molecule has 0 aromatic carbocycles. The molecule has 0 amide bonds. The largest absolute Gasteiger partial charge is 0.461 e. The summed E-state index contributed by atoms with van der Waals surface area (Å²) in [5, 5.41) is 0. The first-order valence-corrected chi connectivity index (χ1v) is 5.54. The van der Waals surface area contributed by atoms with Crippen LogP contribution in [0.3, 0.4) is 0 Å². The molecule has 86 valence electrons. The van der Waals surface area contributed by atoms with Crippen molar-refractivity contribution >= 4 is 5.97 Å². The molecule has 0 aliphatic heterocycles. The molecule has 0 rings (SSSR count). The van der Waals surface area contributed by atoms with Crippen LogP contribution in [0.5, 0.6) is 0 Å². The minimum atomic E-state index is -0.135. The zero-order valence-electron chi connectivity index (χ0n) is 10.2. The van der Waals surface area contributed by atoms with Crippen LogP contribution in [0.4, 0.5) is 0 Å². The van der Waals surface area contributed by atoms with Gasteiger partial charge in [-0.2, -0.15) is 0 Å². The Balaban J connectivity index is 3.91. The number of allylic oxidation sites excluding steroid dienone is 3. The van der Waals surface area contributed by atoms with Gasteiger partial charge in [0.05, 0.1) is 0 Å². The quantitative estimate of drug-likeness (QED) is 0.495. The van der Waals surface area contributed by atoms with Gasteiger partial charge in [0, 0.05) is 6.42 Å². The van der Waals surface area contributed by atoms with Crippen molar-refractivity contribution in [2.24, 2.45) is 5.92 Å². The number of esters is 1. The molecule has 2 heteroatoms. The third-order valence-corrected chi connectivity index (χ3v) is 2.06. The third kappa shape index (κ3) is 7.98. The zero-order chi connectivity index (χ0) is 11.7. The molecule has 0 fully saturated rings. The number of rotatable bonds is 6. The standard InChI is InChI=1S/C13H22O2/c1-5-7-8-11(3)9-12(4)10-15-13(14)6-2/h5,7,9,11H,6,8,10H2,1-4H3/b7-5+,12-9+. The van der Waals surface area contributed by atoms with Gasteiger partial charge in [0.1, 0.15) is 6.61 Å². The molecule has 0 bridgehead atoms. The Labute approximate surface area is 93.0 Å². The van der Waals surface area contributed by atoms with Crippen LogP contribution in [0.1, 0.15) is 40.5 Å². The molecule has 0 spiro atoms. The summed E-state index contributed by atoms with van der Waals surface area (Å²) in [5.74, 6) is 0.366. The van der Waals surface area contributed by atoms with Crippen molar-refractivity contribution in [3.05, 3.63) is 23.8 Å². The monoisotopic (exact) mass is 210 g/mol. The first kappa shape index (κ1) is 13.9. The van der Waals surface area contributed by atoms with Gasteiger partial charge >= 0.3 is 5.97 Å². The smallest absolute Gasteiger partial charge is 0.305 e. The van der Waals surface area contributed by atoms with Crippen LogP contribution in [0.2, 0.25) is 0 Å². The van der Waals surface area contributed by atoms with Crippen LogP contribution in [-0.2, 0) is 9.53 Å². The van der Waals surface area contributed by atoms with E-state index in [-0.39, 0.29) is 5.97 Å². The summed E-state index contributed by atoms with van der Waals surface area (Å²) in [7, 11) is 0. The summed E-state index contributed by atoms with van der Waals surface area (Å²) in [6, 6.07) is 0. The van der Waals surface area contributed by atoms with Crippen LogP contribution < -0.4 is 0 Å². The lowest BCUT2D eigenvalue weighted by Crippen LogP contribution is -2.05. The van der Waals surface area contributed by atoms with E-state index in [1.807, 2.05) is 13.8 Å². The predicted molar refractivity (Wildman–Crippen MR) is 63.6 cm³/mol. The summed E-state index contributed by atoms with van der Waals surface area (Å²) in [6.45, 7) is 8.40. The molecule has 15 heavy (non-hydrogen) atoms. The maximum absolute atomic E-state index is 10.9. The van der Waals surface area contributed by atoms with E-state index < -0.39 is 0 Å². The van der Waals surface area contributed by atoms with Crippen molar-refractivity contribution in [3.8, 4) is 0 Å². The normalized spacial score (nSPS) is 14.3. The van der Waals surface area contributed by atoms with Crippen LogP contribution in [0, 0.1) is 5.92 Å². The molecule has 2 nitrogen and oxygen atoms in total. The maximum atomic E-state index is 10.9. The van der Waals surface area contributed by atoms with Crippen molar-refractivity contribution < 1.29 is 9.53 Å². The zero-order valence-corrected chi connectivity index (χ0v) is 10.2. The minimum absolute atomic E-state index is 0.135. The second-order valence-electron chi connectivity index (χ2n) is 3.81. The Morgan fingerprint density at radius 2 is 2.13 bits per heavy atom. The van der Waals surface area contributed by atoms with Crippen molar-refractivity contribution in [2.75, 3.05) is 6.61 Å². The van der Waals surface area contributed by atoms with E-state index in [1.54, 1.807) is 6.92 Å². The van der Waals surface area contributed by atoms with E-state index in [4.69, 9.17) is 4.74 Å². The highest BCUT2D eigenvalue weighted by molar-refractivity contribution is 5.69. The Hall–Kier alpha value is -1.05. The van der Waals surface area contributed by atoms with Crippen LogP contribution in [-0.4, -0.2) is 12.6 Å². The van der Waals surface area contributed by atoms with E-state index in [2.05, 4.69) is 25.2 Å². The van der Waals surface area contributed by atoms with Gasteiger partial charge in [-0.3, -0.25) is 4.79 Å². The molecule has 0 aromatic rings. The maximum Gasteiger partial charge on any atom is 0.305 e. The first-order valence-electron chi connectivity index (χ1n) is 5.54. The van der Waals surface area contributed by atoms with Crippen molar-refractivity contribution in [3.63, 3.8) is 0 Å². The fraction of sp³-hybridized carbons (Fsp3) is 0.615. The highest BCUT2D eigenvalue weighted by Crippen LogP contribution is 2.08. The van der Waals surface area contributed by atoms with Crippen LogP contribution >= 0.6 is 0 Å². The van der Waals surface area contributed by atoms with Crippen LogP contribution in [0.15, 0.2) is 23.8 Å². The molecule has 0 heterocycles. The highest BCUT2D eigenvalue weighted by atomic mass is 16.5. The van der Waals surface area contributed by atoms with Gasteiger partial charge in [-0.1, -0.05) is 32.1 Å². The molecule has 0 aliphatic rings. The van der Waals surface area contributed by atoms with Crippen molar-refractivity contribution in [1.82, 2.24) is 0 Å². The lowest BCUT2D eigenvalue weighted by Gasteiger charge is -2.06. The molecule has 0 aliphatic carbocycles. The Kier molecular flexibility index (Phi) is 7.69. The second kappa shape index (κ2) is 8.27. The summed E-state index contributed by atoms with van der Waals surface area (Å²) in [5.41, 5.74) is 1.12. The molecule has 0 saturated heterocycles. The molecule has 0 saturated carbocycles. The second-order valence-corrected chi connectivity index (χ2v) is 3.81. The summed E-state index contributed by atoms with van der Waals surface area (Å²) >= 11 is 0. The fourth-order valence-electron chi connectivity index (χ4n) is 1.25. The SMILES string of the molecule is C/C=C/CC(C)/C=C(\C)COC(=O)CC. The van der Waals surface area contributed by atoms with Gasteiger partial charge in [0.2, 0.25) is 0 Å². The number of carbonyl (C=O) groups is 1. The van der Waals surface area contributed by atoms with E-state index >= 15 is 0 Å². The molecular formula is C13H22O2. The fourth-order valence-corrected chi connectivity index (χ4v) is 1.25. The average Bonchev–Trinajstić information content (AvgIpc) is 2.22. The minimum Gasteiger partial charge on any atom is -0.461 e. The predicted octanol–water partition coefficient (Wildman–Crippen LogP) is 3.49. The third-order valence-electron chi connectivity index (χ3n) is 2.06. The molecule has 0 aromatic heterocycles. The lowest BCUT2D eigenvalue weighted by molar-refractivity contribution is -0.142. The van der Waals surface area contributed by atoms with Gasteiger partial charge in [-0.15, -0.1) is 0 Å². The van der Waals surface area contributed by atoms with E-state index in [9.17, 15) is 4.79 Å². The first-order chi connectivity index (χ1) is 7.10. The van der Waals surface area contributed by atoms with Gasteiger partial charge in [-0.05, 0) is 31.8 Å². The van der Waals surface area contributed by atoms with Gasteiger partial charge < -0.3 is 4.74 Å². The summed E-state index contributed by atoms with van der Waals surface area (Å²) < 4.78 is 5.03. The number of ether oxygens (including phenoxy) is 1. The number of carbonyl (C=O) groups excluding carboxylic acids is 1. The molecule has 1 atom stereocenters. The van der Waals surface area contributed by atoms with Crippen molar-refractivity contribution in [2.45, 2.75) is 40.5 Å². The molecular weight excluding hydrogens is 188 g/mol. The summed E-state index contributed by atoms with van der Waals surface area (Å²) in [6.07, 6.45) is 7.84. The van der Waals surface area contributed by atoms with Gasteiger partial charge in [0.25, 0.3) is 0 Å². The van der Waals surface area contributed by atoms with E-state index in [0.717, 1.165) is 12.0 Å². The molecule has 1 unspecified atom stereocenters. The number of hydrogen-bond donors (Lipinski definition) is 0. The lowest BCUT2D eigenvalue weighted by atomic mass is 10.0. The van der Waals surface area contributed by atoms with Gasteiger partial charge in [-0.25, -0.2) is 0 Å². The highest BCUT2D eigenvalue weighted by Gasteiger charge is 2.00. The average molecular weight is 210 g/mol. The van der Waals surface area contributed by atoms with Crippen molar-refractivity contribution in [1.29, 1.82) is 0 Å². The number of hydrogen-bond acceptors (Lipinski definition) is 2. The molecule has 0 radical (unpaired) electrons. The van der Waals surface area contributed by atoms with Crippen LogP contribution in [0.25, 0.3) is 0 Å². The Morgan fingerprint density at radius 3 is 2.67 bits per heavy atom. The molecule has 0 N–H and O–H groups in total. The topological polar surface area (TPSA) is 26.3 Å². The summed E-state index contributed by atoms with van der Waals surface area (Å²) in [4.78, 5) is 10.9. The van der Waals surface area contributed by atoms with E-state index in [0.29, 0.717) is 18.9 Å². The van der Waals surface area contributed by atoms with Gasteiger partial charge in [0.15, 0.2) is 0 Å². The Bertz CT molecular complexity index is 239. The van der Waals surface area contributed by atoms with E-state index in [1.165, 1.54) is 0 Å². The Morgan fingerprint density at radius 1 is 1.47 bits per heavy atom.